The van der Waals surface area contributed by atoms with Crippen LogP contribution >= 0.6 is 0 Å². The summed E-state index contributed by atoms with van der Waals surface area (Å²) in [5.41, 5.74) is 1.82. The molecule has 0 aliphatic carbocycles. The molecule has 2 rings (SSSR count). The molecule has 0 bridgehead atoms. The Morgan fingerprint density at radius 2 is 2.26 bits per heavy atom. The van der Waals surface area contributed by atoms with E-state index < -0.39 is 11.9 Å². The maximum atomic E-state index is 10.8. The van der Waals surface area contributed by atoms with Gasteiger partial charge in [0.05, 0.1) is 17.7 Å². The Hall–Kier alpha value is -2.25. The number of aromatic nitrogens is 6. The summed E-state index contributed by atoms with van der Waals surface area (Å²) in [6, 6.07) is 0. The molecule has 0 saturated carbocycles. The number of carboxylic acids is 1. The lowest BCUT2D eigenvalue weighted by Crippen LogP contribution is -2.14. The number of tetrazole rings is 1. The van der Waals surface area contributed by atoms with Gasteiger partial charge in [0.25, 0.3) is 0 Å². The Morgan fingerprint density at radius 1 is 1.53 bits per heavy atom. The molecule has 8 nitrogen and oxygen atoms in total. The molecule has 1 N–H and O–H groups in total. The van der Waals surface area contributed by atoms with E-state index in [1.54, 1.807) is 22.5 Å². The highest BCUT2D eigenvalue weighted by atomic mass is 16.4. The first-order chi connectivity index (χ1) is 9.00. The van der Waals surface area contributed by atoms with E-state index in [1.807, 2.05) is 14.0 Å². The first-order valence-corrected chi connectivity index (χ1v) is 5.98. The van der Waals surface area contributed by atoms with E-state index in [4.69, 9.17) is 5.11 Å². The van der Waals surface area contributed by atoms with E-state index in [1.165, 1.54) is 0 Å². The van der Waals surface area contributed by atoms with Crippen LogP contribution in [0.1, 0.15) is 19.0 Å². The van der Waals surface area contributed by atoms with Crippen molar-refractivity contribution < 1.29 is 9.90 Å². The molecule has 0 saturated heterocycles. The lowest BCUT2D eigenvalue weighted by molar-refractivity contribution is -0.141. The van der Waals surface area contributed by atoms with E-state index in [0.717, 1.165) is 11.3 Å². The highest BCUT2D eigenvalue weighted by Gasteiger charge is 2.16. The maximum Gasteiger partial charge on any atom is 0.306 e. The number of carboxylic acid groups (broad SMARTS) is 1. The molecule has 0 aromatic carbocycles. The van der Waals surface area contributed by atoms with Crippen molar-refractivity contribution in [1.82, 2.24) is 30.0 Å². The number of aryl methyl sites for hydroxylation is 2. The molecule has 1 unspecified atom stereocenters. The zero-order valence-corrected chi connectivity index (χ0v) is 11.1. The van der Waals surface area contributed by atoms with Crippen LogP contribution in [0.4, 0.5) is 0 Å². The fourth-order valence-corrected chi connectivity index (χ4v) is 1.71. The van der Waals surface area contributed by atoms with Gasteiger partial charge in [-0.3, -0.25) is 9.48 Å². The van der Waals surface area contributed by atoms with E-state index in [2.05, 4.69) is 20.6 Å². The summed E-state index contributed by atoms with van der Waals surface area (Å²) in [6.45, 7) is 4.06. The monoisotopic (exact) mass is 264 g/mol. The van der Waals surface area contributed by atoms with Gasteiger partial charge in [-0.05, 0) is 23.8 Å². The zero-order chi connectivity index (χ0) is 14.0. The SMILES string of the molecule is Cc1c(-c2nnnn2CCC(C)C(=O)O)cnn1C. The molecule has 2 heterocycles. The smallest absolute Gasteiger partial charge is 0.306 e. The standard InChI is InChI=1S/C11H16N6O2/c1-7(11(18)19)4-5-17-10(13-14-15-17)9-6-12-16(3)8(9)2/h6-7H,4-5H2,1-3H3,(H,18,19). The summed E-state index contributed by atoms with van der Waals surface area (Å²) >= 11 is 0. The molecular formula is C11H16N6O2. The van der Waals surface area contributed by atoms with Gasteiger partial charge in [0, 0.05) is 19.3 Å². The Labute approximate surface area is 110 Å². The van der Waals surface area contributed by atoms with Crippen molar-refractivity contribution in [3.8, 4) is 11.4 Å². The minimum atomic E-state index is -0.813. The second-order valence-electron chi connectivity index (χ2n) is 4.52. The number of hydrogen-bond donors (Lipinski definition) is 1. The van der Waals surface area contributed by atoms with Crippen LogP contribution in [0.3, 0.4) is 0 Å². The minimum absolute atomic E-state index is 0.424. The first kappa shape index (κ1) is 13.2. The number of rotatable bonds is 5. The van der Waals surface area contributed by atoms with Gasteiger partial charge in [-0.2, -0.15) is 5.10 Å². The molecule has 0 radical (unpaired) electrons. The molecule has 2 aromatic rings. The van der Waals surface area contributed by atoms with Crippen LogP contribution < -0.4 is 0 Å². The Balaban J connectivity index is 2.19. The summed E-state index contributed by atoms with van der Waals surface area (Å²) in [7, 11) is 1.85. The largest absolute Gasteiger partial charge is 0.481 e. The predicted octanol–water partition coefficient (Wildman–Crippen LogP) is 0.493. The van der Waals surface area contributed by atoms with Crippen LogP contribution in [0, 0.1) is 12.8 Å². The van der Waals surface area contributed by atoms with Crippen molar-refractivity contribution in [3.05, 3.63) is 11.9 Å². The van der Waals surface area contributed by atoms with Gasteiger partial charge in [0.2, 0.25) is 0 Å². The molecule has 0 fully saturated rings. The van der Waals surface area contributed by atoms with Crippen molar-refractivity contribution in [3.63, 3.8) is 0 Å². The van der Waals surface area contributed by atoms with E-state index >= 15 is 0 Å². The highest BCUT2D eigenvalue weighted by molar-refractivity contribution is 5.69. The molecular weight excluding hydrogens is 248 g/mol. The fraction of sp³-hybridized carbons (Fsp3) is 0.545. The van der Waals surface area contributed by atoms with Crippen LogP contribution in [0.5, 0.6) is 0 Å². The lowest BCUT2D eigenvalue weighted by atomic mass is 10.1. The molecule has 0 amide bonds. The normalized spacial score (nSPS) is 12.6. The molecule has 0 spiro atoms. The molecule has 102 valence electrons. The van der Waals surface area contributed by atoms with Gasteiger partial charge in [0.1, 0.15) is 0 Å². The van der Waals surface area contributed by atoms with Gasteiger partial charge in [0.15, 0.2) is 5.82 Å². The second-order valence-corrected chi connectivity index (χ2v) is 4.52. The van der Waals surface area contributed by atoms with E-state index in [-0.39, 0.29) is 0 Å². The number of carbonyl (C=O) groups is 1. The number of nitrogens with zero attached hydrogens (tertiary/aromatic N) is 6. The third-order valence-electron chi connectivity index (χ3n) is 3.20. The zero-order valence-electron chi connectivity index (χ0n) is 11.1. The fourth-order valence-electron chi connectivity index (χ4n) is 1.71. The van der Waals surface area contributed by atoms with Crippen LogP contribution in [-0.2, 0) is 18.4 Å². The third-order valence-corrected chi connectivity index (χ3v) is 3.20. The number of aliphatic carboxylic acids is 1. The van der Waals surface area contributed by atoms with Gasteiger partial charge in [-0.15, -0.1) is 5.10 Å². The van der Waals surface area contributed by atoms with Gasteiger partial charge in [-0.25, -0.2) is 4.68 Å². The Kier molecular flexibility index (Phi) is 3.59. The molecule has 0 aliphatic heterocycles. The molecule has 2 aromatic heterocycles. The summed E-state index contributed by atoms with van der Waals surface area (Å²) in [5, 5.41) is 24.6. The van der Waals surface area contributed by atoms with E-state index in [0.29, 0.717) is 18.8 Å². The maximum absolute atomic E-state index is 10.8. The van der Waals surface area contributed by atoms with Gasteiger partial charge < -0.3 is 5.11 Å². The second kappa shape index (κ2) is 5.17. The summed E-state index contributed by atoms with van der Waals surface area (Å²) < 4.78 is 3.36. The van der Waals surface area contributed by atoms with Crippen LogP contribution in [0.15, 0.2) is 6.20 Å². The third kappa shape index (κ3) is 2.61. The molecule has 8 heteroatoms. The first-order valence-electron chi connectivity index (χ1n) is 5.98. The van der Waals surface area contributed by atoms with Crippen molar-refractivity contribution in [2.75, 3.05) is 0 Å². The minimum Gasteiger partial charge on any atom is -0.481 e. The Bertz CT molecular complexity index is 588. The van der Waals surface area contributed by atoms with Crippen LogP contribution in [-0.4, -0.2) is 41.1 Å². The van der Waals surface area contributed by atoms with E-state index in [9.17, 15) is 4.79 Å². The average Bonchev–Trinajstić information content (AvgIpc) is 2.94. The predicted molar refractivity (Wildman–Crippen MR) is 66.2 cm³/mol. The van der Waals surface area contributed by atoms with Crippen molar-refractivity contribution >= 4 is 5.97 Å². The highest BCUT2D eigenvalue weighted by Crippen LogP contribution is 2.19. The summed E-state index contributed by atoms with van der Waals surface area (Å²) in [4.78, 5) is 10.8. The quantitative estimate of drug-likeness (QED) is 0.844. The summed E-state index contributed by atoms with van der Waals surface area (Å²) in [6.07, 6.45) is 2.19. The van der Waals surface area contributed by atoms with Crippen molar-refractivity contribution in [2.24, 2.45) is 13.0 Å². The molecule has 1 atom stereocenters. The average molecular weight is 264 g/mol. The number of hydrogen-bond acceptors (Lipinski definition) is 5. The van der Waals surface area contributed by atoms with Gasteiger partial charge in [-0.1, -0.05) is 6.92 Å². The van der Waals surface area contributed by atoms with Gasteiger partial charge >= 0.3 is 5.97 Å². The van der Waals surface area contributed by atoms with Crippen LogP contribution in [0.25, 0.3) is 11.4 Å². The van der Waals surface area contributed by atoms with Crippen LogP contribution in [0.2, 0.25) is 0 Å². The Morgan fingerprint density at radius 3 is 2.84 bits per heavy atom. The summed E-state index contributed by atoms with van der Waals surface area (Å²) in [5.74, 6) is -0.623. The lowest BCUT2D eigenvalue weighted by Gasteiger charge is -2.07. The molecule has 19 heavy (non-hydrogen) atoms. The molecule has 0 aliphatic rings. The van der Waals surface area contributed by atoms with Crippen molar-refractivity contribution in [2.45, 2.75) is 26.8 Å². The van der Waals surface area contributed by atoms with Crippen molar-refractivity contribution in [1.29, 1.82) is 0 Å². The topological polar surface area (TPSA) is 98.7 Å².